The molecule has 0 amide bonds. The van der Waals surface area contributed by atoms with Crippen LogP contribution in [0.5, 0.6) is 0 Å². The molecule has 4 heteroatoms. The zero-order chi connectivity index (χ0) is 13.1. The van der Waals surface area contributed by atoms with Gasteiger partial charge in [-0.15, -0.1) is 0 Å². The van der Waals surface area contributed by atoms with Gasteiger partial charge in [0.2, 0.25) is 0 Å². The largest absolute Gasteiger partial charge is 0.492 e. The Bertz CT molecular complexity index is 572. The van der Waals surface area contributed by atoms with E-state index in [9.17, 15) is 0 Å². The fraction of sp³-hybridized carbons (Fsp3) is 0.429. The molecule has 0 spiro atoms. The smallest absolute Gasteiger partial charge is 0.159 e. The number of nitrogens with zero attached hydrogens (tertiary/aromatic N) is 3. The normalized spacial score (nSPS) is 10.8. The van der Waals surface area contributed by atoms with E-state index in [1.807, 2.05) is 30.6 Å². The van der Waals surface area contributed by atoms with E-state index in [1.54, 1.807) is 0 Å². The molecule has 2 rings (SSSR count). The molecule has 0 N–H and O–H groups in total. The Hall–Kier alpha value is -1.84. The number of imidazole rings is 1. The van der Waals surface area contributed by atoms with Gasteiger partial charge in [0, 0.05) is 12.4 Å². The zero-order valence-electron chi connectivity index (χ0n) is 11.2. The molecule has 0 fully saturated rings. The highest BCUT2D eigenvalue weighted by Gasteiger charge is 2.09. The second kappa shape index (κ2) is 5.21. The van der Waals surface area contributed by atoms with Crippen molar-refractivity contribution in [2.24, 2.45) is 0 Å². The minimum Gasteiger partial charge on any atom is -0.492 e. The third-order valence-electron chi connectivity index (χ3n) is 2.79. The molecule has 18 heavy (non-hydrogen) atoms. The summed E-state index contributed by atoms with van der Waals surface area (Å²) in [5, 5.41) is 0. The Morgan fingerprint density at radius 3 is 2.83 bits per heavy atom. The molecule has 0 aliphatic heterocycles. The van der Waals surface area contributed by atoms with E-state index in [4.69, 9.17) is 4.74 Å². The quantitative estimate of drug-likeness (QED) is 0.600. The first-order chi connectivity index (χ1) is 8.61. The lowest BCUT2D eigenvalue weighted by Gasteiger charge is -2.04. The minimum atomic E-state index is 0.629. The molecule has 0 radical (unpaired) electrons. The monoisotopic (exact) mass is 245 g/mol. The van der Waals surface area contributed by atoms with E-state index in [-0.39, 0.29) is 0 Å². The lowest BCUT2D eigenvalue weighted by molar-refractivity contribution is 0.270. The Morgan fingerprint density at radius 1 is 1.33 bits per heavy atom. The molecule has 2 heterocycles. The summed E-state index contributed by atoms with van der Waals surface area (Å²) < 4.78 is 7.55. The van der Waals surface area contributed by atoms with E-state index in [1.165, 1.54) is 0 Å². The summed E-state index contributed by atoms with van der Waals surface area (Å²) in [7, 11) is 0. The summed E-state index contributed by atoms with van der Waals surface area (Å²) in [6.45, 7) is 10.7. The van der Waals surface area contributed by atoms with Gasteiger partial charge in [0.05, 0.1) is 18.0 Å². The second-order valence-electron chi connectivity index (χ2n) is 4.45. The Labute approximate surface area is 107 Å². The van der Waals surface area contributed by atoms with Gasteiger partial charge in [-0.05, 0) is 20.3 Å². The van der Waals surface area contributed by atoms with E-state index in [0.29, 0.717) is 12.4 Å². The Balaban J connectivity index is 2.24. The first-order valence-electron chi connectivity index (χ1n) is 6.27. The summed E-state index contributed by atoms with van der Waals surface area (Å²) in [4.78, 5) is 8.90. The molecule has 0 bridgehead atoms. The van der Waals surface area contributed by atoms with Crippen molar-refractivity contribution in [1.82, 2.24) is 14.4 Å². The van der Waals surface area contributed by atoms with Crippen LogP contribution in [0.4, 0.5) is 0 Å². The maximum Gasteiger partial charge on any atom is 0.159 e. The van der Waals surface area contributed by atoms with Crippen LogP contribution in [0.25, 0.3) is 11.4 Å². The zero-order valence-corrected chi connectivity index (χ0v) is 11.2. The number of fused-ring (bicyclic) bond motifs is 1. The molecular weight excluding hydrogens is 226 g/mol. The molecule has 2 aromatic rings. The van der Waals surface area contributed by atoms with Crippen LogP contribution in [-0.4, -0.2) is 21.0 Å². The SMILES string of the molecule is C=C(OCCCC)c1cn2cc(C)nc(C)c2n1. The average molecular weight is 245 g/mol. The number of hydrogen-bond acceptors (Lipinski definition) is 3. The molecule has 0 atom stereocenters. The van der Waals surface area contributed by atoms with Gasteiger partial charge in [-0.3, -0.25) is 4.98 Å². The summed E-state index contributed by atoms with van der Waals surface area (Å²) in [5.41, 5.74) is 3.53. The van der Waals surface area contributed by atoms with Crippen molar-refractivity contribution in [3.05, 3.63) is 36.1 Å². The van der Waals surface area contributed by atoms with Crippen molar-refractivity contribution in [1.29, 1.82) is 0 Å². The molecule has 0 aliphatic carbocycles. The van der Waals surface area contributed by atoms with Crippen molar-refractivity contribution >= 4 is 11.4 Å². The standard InChI is InChI=1S/C14H19N3O/c1-5-6-7-18-12(4)13-9-17-8-10(2)15-11(3)14(17)16-13/h8-9H,4-7H2,1-3H3. The van der Waals surface area contributed by atoms with Crippen molar-refractivity contribution in [3.63, 3.8) is 0 Å². The summed E-state index contributed by atoms with van der Waals surface area (Å²) in [6, 6.07) is 0. The van der Waals surface area contributed by atoms with E-state index >= 15 is 0 Å². The summed E-state index contributed by atoms with van der Waals surface area (Å²) in [5.74, 6) is 0.629. The van der Waals surface area contributed by atoms with Crippen LogP contribution in [0.2, 0.25) is 0 Å². The van der Waals surface area contributed by atoms with Crippen LogP contribution in [-0.2, 0) is 4.74 Å². The number of ether oxygens (including phenoxy) is 1. The van der Waals surface area contributed by atoms with Crippen LogP contribution >= 0.6 is 0 Å². The maximum atomic E-state index is 5.58. The molecule has 0 saturated carbocycles. The van der Waals surface area contributed by atoms with Crippen LogP contribution in [0.1, 0.15) is 36.8 Å². The van der Waals surface area contributed by atoms with Crippen molar-refractivity contribution in [2.75, 3.05) is 6.61 Å². The first kappa shape index (κ1) is 12.6. The lowest BCUT2D eigenvalue weighted by Crippen LogP contribution is -1.93. The van der Waals surface area contributed by atoms with Gasteiger partial charge in [0.15, 0.2) is 5.65 Å². The van der Waals surface area contributed by atoms with Crippen LogP contribution in [0, 0.1) is 13.8 Å². The number of unbranched alkanes of at least 4 members (excludes halogenated alkanes) is 1. The fourth-order valence-corrected chi connectivity index (χ4v) is 1.85. The van der Waals surface area contributed by atoms with Crippen molar-refractivity contribution < 1.29 is 4.74 Å². The van der Waals surface area contributed by atoms with Gasteiger partial charge < -0.3 is 9.14 Å². The summed E-state index contributed by atoms with van der Waals surface area (Å²) >= 11 is 0. The molecule has 0 saturated heterocycles. The van der Waals surface area contributed by atoms with Gasteiger partial charge in [-0.25, -0.2) is 4.98 Å². The average Bonchev–Trinajstić information content (AvgIpc) is 2.73. The number of aryl methyl sites for hydroxylation is 2. The third-order valence-corrected chi connectivity index (χ3v) is 2.79. The molecule has 96 valence electrons. The molecule has 0 aliphatic rings. The first-order valence-corrected chi connectivity index (χ1v) is 6.27. The van der Waals surface area contributed by atoms with Gasteiger partial charge in [-0.2, -0.15) is 0 Å². The van der Waals surface area contributed by atoms with E-state index in [2.05, 4.69) is 23.5 Å². The lowest BCUT2D eigenvalue weighted by atomic mass is 10.3. The number of rotatable bonds is 5. The predicted octanol–water partition coefficient (Wildman–Crippen LogP) is 3.13. The van der Waals surface area contributed by atoms with Gasteiger partial charge in [0.1, 0.15) is 11.5 Å². The highest BCUT2D eigenvalue weighted by atomic mass is 16.5. The third kappa shape index (κ3) is 2.53. The number of hydrogen-bond donors (Lipinski definition) is 0. The van der Waals surface area contributed by atoms with E-state index in [0.717, 1.165) is 35.6 Å². The van der Waals surface area contributed by atoms with Crippen molar-refractivity contribution in [2.45, 2.75) is 33.6 Å². The predicted molar refractivity (Wildman–Crippen MR) is 72.4 cm³/mol. The number of aromatic nitrogens is 3. The van der Waals surface area contributed by atoms with E-state index < -0.39 is 0 Å². The molecular formula is C14H19N3O. The topological polar surface area (TPSA) is 39.4 Å². The second-order valence-corrected chi connectivity index (χ2v) is 4.45. The van der Waals surface area contributed by atoms with Gasteiger partial charge in [0.25, 0.3) is 0 Å². The van der Waals surface area contributed by atoms with Gasteiger partial charge >= 0.3 is 0 Å². The van der Waals surface area contributed by atoms with Crippen LogP contribution in [0.15, 0.2) is 19.0 Å². The fourth-order valence-electron chi connectivity index (χ4n) is 1.85. The molecule has 4 nitrogen and oxygen atoms in total. The Morgan fingerprint density at radius 2 is 2.11 bits per heavy atom. The molecule has 0 unspecified atom stereocenters. The molecule has 2 aromatic heterocycles. The van der Waals surface area contributed by atoms with Crippen LogP contribution in [0.3, 0.4) is 0 Å². The van der Waals surface area contributed by atoms with Crippen molar-refractivity contribution in [3.8, 4) is 0 Å². The summed E-state index contributed by atoms with van der Waals surface area (Å²) in [6.07, 6.45) is 6.04. The van der Waals surface area contributed by atoms with Gasteiger partial charge in [-0.1, -0.05) is 19.9 Å². The highest BCUT2D eigenvalue weighted by Crippen LogP contribution is 2.16. The maximum absolute atomic E-state index is 5.58. The Kier molecular flexibility index (Phi) is 3.65. The van der Waals surface area contributed by atoms with Crippen LogP contribution < -0.4 is 0 Å². The highest BCUT2D eigenvalue weighted by molar-refractivity contribution is 5.58. The molecule has 0 aromatic carbocycles. The minimum absolute atomic E-state index is 0.629.